The number of amides is 1. The molecular weight excluding hydrogens is 255 g/mol. The Morgan fingerprint density at radius 2 is 1.95 bits per heavy atom. The second-order valence-electron chi connectivity index (χ2n) is 5.82. The van der Waals surface area contributed by atoms with Gasteiger partial charge >= 0.3 is 0 Å². The van der Waals surface area contributed by atoms with Crippen molar-refractivity contribution in [3.63, 3.8) is 0 Å². The molecule has 0 atom stereocenters. The van der Waals surface area contributed by atoms with E-state index in [1.807, 2.05) is 11.0 Å². The number of piperazine rings is 1. The van der Waals surface area contributed by atoms with Gasteiger partial charge in [0.1, 0.15) is 5.82 Å². The number of hydrogen-bond acceptors (Lipinski definition) is 2. The third-order valence-corrected chi connectivity index (χ3v) is 4.64. The molecule has 20 heavy (non-hydrogen) atoms. The molecule has 0 unspecified atom stereocenters. The SMILES string of the molecule is CCN1CCN(C(=O)C2(c3cccc(F)c3)CC2)CC1. The molecule has 2 fully saturated rings. The topological polar surface area (TPSA) is 23.6 Å². The second kappa shape index (κ2) is 5.17. The number of hydrogen-bond donors (Lipinski definition) is 0. The smallest absolute Gasteiger partial charge is 0.233 e. The highest BCUT2D eigenvalue weighted by molar-refractivity contribution is 5.91. The van der Waals surface area contributed by atoms with E-state index in [1.165, 1.54) is 12.1 Å². The van der Waals surface area contributed by atoms with Crippen LogP contribution in [0.15, 0.2) is 24.3 Å². The highest BCUT2D eigenvalue weighted by atomic mass is 19.1. The standard InChI is InChI=1S/C16H21FN2O/c1-2-18-8-10-19(11-9-18)15(20)16(6-7-16)13-4-3-5-14(17)12-13/h3-5,12H,2,6-11H2,1H3. The van der Waals surface area contributed by atoms with E-state index < -0.39 is 5.41 Å². The summed E-state index contributed by atoms with van der Waals surface area (Å²) in [5, 5.41) is 0. The van der Waals surface area contributed by atoms with Crippen LogP contribution in [0.2, 0.25) is 0 Å². The summed E-state index contributed by atoms with van der Waals surface area (Å²) in [6.07, 6.45) is 1.70. The van der Waals surface area contributed by atoms with Gasteiger partial charge in [0.15, 0.2) is 0 Å². The second-order valence-corrected chi connectivity index (χ2v) is 5.82. The summed E-state index contributed by atoms with van der Waals surface area (Å²) in [6.45, 7) is 6.67. The van der Waals surface area contributed by atoms with Gasteiger partial charge in [0.25, 0.3) is 0 Å². The molecule has 0 bridgehead atoms. The van der Waals surface area contributed by atoms with Crippen molar-refractivity contribution < 1.29 is 9.18 Å². The molecule has 1 aliphatic heterocycles. The molecule has 0 radical (unpaired) electrons. The van der Waals surface area contributed by atoms with Crippen LogP contribution in [0.4, 0.5) is 4.39 Å². The molecule has 0 spiro atoms. The van der Waals surface area contributed by atoms with Crippen LogP contribution in [0, 0.1) is 5.82 Å². The van der Waals surface area contributed by atoms with E-state index in [0.29, 0.717) is 0 Å². The zero-order valence-corrected chi connectivity index (χ0v) is 11.9. The number of likely N-dealkylation sites (N-methyl/N-ethyl adjacent to an activating group) is 1. The first kappa shape index (κ1) is 13.6. The number of benzene rings is 1. The Morgan fingerprint density at radius 1 is 1.25 bits per heavy atom. The molecule has 1 aromatic rings. The van der Waals surface area contributed by atoms with Crippen LogP contribution in [0.3, 0.4) is 0 Å². The first-order chi connectivity index (χ1) is 9.65. The number of carbonyl (C=O) groups is 1. The zero-order valence-electron chi connectivity index (χ0n) is 11.9. The lowest BCUT2D eigenvalue weighted by atomic mass is 9.94. The maximum absolute atomic E-state index is 13.4. The lowest BCUT2D eigenvalue weighted by Gasteiger charge is -2.36. The van der Waals surface area contributed by atoms with Crippen molar-refractivity contribution in [3.05, 3.63) is 35.6 Å². The summed E-state index contributed by atoms with van der Waals surface area (Å²) in [6, 6.07) is 6.54. The van der Waals surface area contributed by atoms with Crippen molar-refractivity contribution in [2.24, 2.45) is 0 Å². The number of rotatable bonds is 3. The van der Waals surface area contributed by atoms with Gasteiger partial charge in [0, 0.05) is 26.2 Å². The van der Waals surface area contributed by atoms with Crippen molar-refractivity contribution in [3.8, 4) is 0 Å². The number of carbonyl (C=O) groups excluding carboxylic acids is 1. The van der Waals surface area contributed by atoms with Gasteiger partial charge in [-0.25, -0.2) is 4.39 Å². The van der Waals surface area contributed by atoms with Gasteiger partial charge in [-0.3, -0.25) is 4.79 Å². The van der Waals surface area contributed by atoms with E-state index in [1.54, 1.807) is 6.07 Å². The zero-order chi connectivity index (χ0) is 14.2. The highest BCUT2D eigenvalue weighted by Gasteiger charge is 2.53. The van der Waals surface area contributed by atoms with Crippen molar-refractivity contribution in [2.45, 2.75) is 25.2 Å². The van der Waals surface area contributed by atoms with Crippen molar-refractivity contribution in [1.82, 2.24) is 9.80 Å². The largest absolute Gasteiger partial charge is 0.339 e. The van der Waals surface area contributed by atoms with Gasteiger partial charge in [-0.15, -0.1) is 0 Å². The Hall–Kier alpha value is -1.42. The van der Waals surface area contributed by atoms with Gasteiger partial charge in [-0.2, -0.15) is 0 Å². The first-order valence-corrected chi connectivity index (χ1v) is 7.43. The average molecular weight is 276 g/mol. The van der Waals surface area contributed by atoms with E-state index >= 15 is 0 Å². The van der Waals surface area contributed by atoms with Gasteiger partial charge in [0.2, 0.25) is 5.91 Å². The van der Waals surface area contributed by atoms with Crippen molar-refractivity contribution in [2.75, 3.05) is 32.7 Å². The van der Waals surface area contributed by atoms with E-state index in [9.17, 15) is 9.18 Å². The molecular formula is C16H21FN2O. The fraction of sp³-hybridized carbons (Fsp3) is 0.562. The number of nitrogens with zero attached hydrogens (tertiary/aromatic N) is 2. The lowest BCUT2D eigenvalue weighted by molar-refractivity contribution is -0.135. The van der Waals surface area contributed by atoms with Crippen LogP contribution < -0.4 is 0 Å². The van der Waals surface area contributed by atoms with Gasteiger partial charge in [-0.05, 0) is 37.1 Å². The normalized spacial score (nSPS) is 21.8. The van der Waals surface area contributed by atoms with Crippen molar-refractivity contribution in [1.29, 1.82) is 0 Å². The Morgan fingerprint density at radius 3 is 2.50 bits per heavy atom. The van der Waals surface area contributed by atoms with Crippen LogP contribution in [0.25, 0.3) is 0 Å². The molecule has 1 aromatic carbocycles. The monoisotopic (exact) mass is 276 g/mol. The first-order valence-electron chi connectivity index (χ1n) is 7.43. The molecule has 3 rings (SSSR count). The summed E-state index contributed by atoms with van der Waals surface area (Å²) in [5.74, 6) is -0.0590. The van der Waals surface area contributed by atoms with Crippen LogP contribution in [0.1, 0.15) is 25.3 Å². The molecule has 4 heteroatoms. The van der Waals surface area contributed by atoms with Gasteiger partial charge in [-0.1, -0.05) is 19.1 Å². The predicted molar refractivity (Wildman–Crippen MR) is 76.0 cm³/mol. The molecule has 108 valence electrons. The van der Waals surface area contributed by atoms with Crippen molar-refractivity contribution >= 4 is 5.91 Å². The Labute approximate surface area is 119 Å². The molecule has 3 nitrogen and oxygen atoms in total. The fourth-order valence-electron chi connectivity index (χ4n) is 3.11. The van der Waals surface area contributed by atoms with E-state index in [0.717, 1.165) is 51.1 Å². The minimum atomic E-state index is -0.434. The third kappa shape index (κ3) is 2.33. The predicted octanol–water partition coefficient (Wildman–Crippen LogP) is 2.02. The third-order valence-electron chi connectivity index (χ3n) is 4.64. The molecule has 1 saturated carbocycles. The quantitative estimate of drug-likeness (QED) is 0.843. The summed E-state index contributed by atoms with van der Waals surface area (Å²) in [4.78, 5) is 17.1. The van der Waals surface area contributed by atoms with Crippen LogP contribution in [0.5, 0.6) is 0 Å². The maximum Gasteiger partial charge on any atom is 0.233 e. The average Bonchev–Trinajstić information content (AvgIpc) is 3.28. The van der Waals surface area contributed by atoms with Gasteiger partial charge < -0.3 is 9.80 Å². The van der Waals surface area contributed by atoms with E-state index in [-0.39, 0.29) is 11.7 Å². The summed E-state index contributed by atoms with van der Waals surface area (Å²) in [7, 11) is 0. The van der Waals surface area contributed by atoms with E-state index in [2.05, 4.69) is 11.8 Å². The maximum atomic E-state index is 13.4. The minimum absolute atomic E-state index is 0.193. The lowest BCUT2D eigenvalue weighted by Crippen LogP contribution is -2.51. The molecule has 1 heterocycles. The summed E-state index contributed by atoms with van der Waals surface area (Å²) in [5.41, 5.74) is 0.414. The van der Waals surface area contributed by atoms with Crippen LogP contribution in [-0.2, 0) is 10.2 Å². The molecule has 1 saturated heterocycles. The molecule has 1 amide bonds. The minimum Gasteiger partial charge on any atom is -0.339 e. The van der Waals surface area contributed by atoms with Gasteiger partial charge in [0.05, 0.1) is 5.41 Å². The van der Waals surface area contributed by atoms with Crippen LogP contribution in [-0.4, -0.2) is 48.4 Å². The highest BCUT2D eigenvalue weighted by Crippen LogP contribution is 2.49. The Bertz CT molecular complexity index is 505. The molecule has 0 aromatic heterocycles. The molecule has 1 aliphatic carbocycles. The van der Waals surface area contributed by atoms with Crippen LogP contribution >= 0.6 is 0 Å². The number of halogens is 1. The van der Waals surface area contributed by atoms with E-state index in [4.69, 9.17) is 0 Å². The Balaban J connectivity index is 1.74. The summed E-state index contributed by atoms with van der Waals surface area (Å²) < 4.78 is 13.4. The fourth-order valence-corrected chi connectivity index (χ4v) is 3.11. The summed E-state index contributed by atoms with van der Waals surface area (Å²) >= 11 is 0. The molecule has 0 N–H and O–H groups in total. The Kier molecular flexibility index (Phi) is 3.50. The molecule has 2 aliphatic rings.